The third-order valence-electron chi connectivity index (χ3n) is 4.46. The molecule has 3 aromatic rings. The van der Waals surface area contributed by atoms with Crippen LogP contribution in [0, 0.1) is 0 Å². The summed E-state index contributed by atoms with van der Waals surface area (Å²) in [6.07, 6.45) is 2.82. The molecule has 0 radical (unpaired) electrons. The molecule has 1 fully saturated rings. The maximum atomic E-state index is 4.53. The second kappa shape index (κ2) is 6.64. The zero-order chi connectivity index (χ0) is 15.5. The van der Waals surface area contributed by atoms with Crippen LogP contribution in [0.4, 0.5) is 5.82 Å². The number of anilines is 1. The van der Waals surface area contributed by atoms with Gasteiger partial charge in [0.2, 0.25) is 0 Å². The zero-order valence-electron chi connectivity index (χ0n) is 13.1. The highest BCUT2D eigenvalue weighted by Gasteiger charge is 2.20. The summed E-state index contributed by atoms with van der Waals surface area (Å²) >= 11 is 1.74. The molecule has 4 nitrogen and oxygen atoms in total. The van der Waals surface area contributed by atoms with Gasteiger partial charge in [0.05, 0.1) is 10.2 Å². The van der Waals surface area contributed by atoms with E-state index in [1.165, 1.54) is 10.3 Å². The van der Waals surface area contributed by atoms with Gasteiger partial charge < -0.3 is 4.90 Å². The Bertz CT molecular complexity index is 763. The van der Waals surface area contributed by atoms with E-state index in [4.69, 9.17) is 0 Å². The van der Waals surface area contributed by atoms with Crippen molar-refractivity contribution in [3.05, 3.63) is 53.7 Å². The summed E-state index contributed by atoms with van der Waals surface area (Å²) in [5.41, 5.74) is 2.48. The van der Waals surface area contributed by atoms with E-state index in [2.05, 4.69) is 61.5 Å². The molecule has 1 aromatic carbocycles. The molecule has 5 heteroatoms. The van der Waals surface area contributed by atoms with Gasteiger partial charge in [-0.05, 0) is 23.4 Å². The first-order valence-electron chi connectivity index (χ1n) is 8.09. The van der Waals surface area contributed by atoms with Gasteiger partial charge in [-0.3, -0.25) is 4.90 Å². The Labute approximate surface area is 140 Å². The Kier molecular flexibility index (Phi) is 4.22. The van der Waals surface area contributed by atoms with Crippen LogP contribution in [0.5, 0.6) is 0 Å². The first kappa shape index (κ1) is 14.6. The van der Waals surface area contributed by atoms with E-state index in [1.807, 2.05) is 0 Å². The summed E-state index contributed by atoms with van der Waals surface area (Å²) in [6.45, 7) is 5.42. The third kappa shape index (κ3) is 3.21. The molecule has 0 saturated carbocycles. The van der Waals surface area contributed by atoms with Gasteiger partial charge in [-0.1, -0.05) is 30.3 Å². The van der Waals surface area contributed by atoms with Crippen LogP contribution in [0.25, 0.3) is 10.2 Å². The molecule has 3 heterocycles. The molecule has 1 aliphatic rings. The van der Waals surface area contributed by atoms with Crippen molar-refractivity contribution in [2.24, 2.45) is 0 Å². The molecule has 2 aromatic heterocycles. The van der Waals surface area contributed by atoms with Crippen LogP contribution in [0.1, 0.15) is 5.56 Å². The van der Waals surface area contributed by atoms with Crippen molar-refractivity contribution in [2.45, 2.75) is 6.42 Å². The largest absolute Gasteiger partial charge is 0.353 e. The first-order chi connectivity index (χ1) is 11.4. The fourth-order valence-electron chi connectivity index (χ4n) is 3.12. The number of nitrogens with zero attached hydrogens (tertiary/aromatic N) is 4. The number of fused-ring (bicyclic) bond motifs is 1. The van der Waals surface area contributed by atoms with Gasteiger partial charge in [0.15, 0.2) is 0 Å². The zero-order valence-corrected chi connectivity index (χ0v) is 13.9. The van der Waals surface area contributed by atoms with E-state index < -0.39 is 0 Å². The Morgan fingerprint density at radius 1 is 0.957 bits per heavy atom. The lowest BCUT2D eigenvalue weighted by Crippen LogP contribution is -2.47. The molecule has 23 heavy (non-hydrogen) atoms. The van der Waals surface area contributed by atoms with E-state index in [0.29, 0.717) is 0 Å². The molecule has 0 amide bonds. The lowest BCUT2D eigenvalue weighted by atomic mass is 10.1. The van der Waals surface area contributed by atoms with Gasteiger partial charge in [0, 0.05) is 32.7 Å². The van der Waals surface area contributed by atoms with Gasteiger partial charge in [0.25, 0.3) is 0 Å². The van der Waals surface area contributed by atoms with Crippen LogP contribution in [0.3, 0.4) is 0 Å². The first-order valence-corrected chi connectivity index (χ1v) is 8.97. The van der Waals surface area contributed by atoms with Crippen LogP contribution < -0.4 is 4.90 Å². The Balaban J connectivity index is 1.37. The molecular weight excluding hydrogens is 304 g/mol. The minimum Gasteiger partial charge on any atom is -0.353 e. The van der Waals surface area contributed by atoms with Crippen molar-refractivity contribution >= 4 is 27.4 Å². The molecule has 118 valence electrons. The highest BCUT2D eigenvalue weighted by molar-refractivity contribution is 7.17. The van der Waals surface area contributed by atoms with E-state index in [-0.39, 0.29) is 0 Å². The summed E-state index contributed by atoms with van der Waals surface area (Å²) in [5, 5.41) is 2.10. The lowest BCUT2D eigenvalue weighted by molar-refractivity contribution is 0.260. The van der Waals surface area contributed by atoms with Gasteiger partial charge in [-0.25, -0.2) is 9.97 Å². The molecule has 1 aliphatic heterocycles. The second-order valence-corrected chi connectivity index (χ2v) is 6.81. The standard InChI is InChI=1S/C18H20N4S/c1-2-4-15(5-3-1)6-8-21-9-11-22(12-10-21)18-17-16(7-13-23-17)19-14-20-18/h1-5,7,13-14H,6,8-12H2. The molecule has 0 unspecified atom stereocenters. The van der Waals surface area contributed by atoms with Crippen LogP contribution in [0.15, 0.2) is 48.1 Å². The van der Waals surface area contributed by atoms with E-state index in [1.54, 1.807) is 17.7 Å². The minimum atomic E-state index is 1.04. The third-order valence-corrected chi connectivity index (χ3v) is 5.36. The Morgan fingerprint density at radius 3 is 2.61 bits per heavy atom. The molecule has 0 aliphatic carbocycles. The molecule has 4 rings (SSSR count). The highest BCUT2D eigenvalue weighted by atomic mass is 32.1. The van der Waals surface area contributed by atoms with Crippen molar-refractivity contribution < 1.29 is 0 Å². The lowest BCUT2D eigenvalue weighted by Gasteiger charge is -2.35. The number of hydrogen-bond donors (Lipinski definition) is 0. The number of piperazine rings is 1. The molecule has 0 atom stereocenters. The van der Waals surface area contributed by atoms with Crippen molar-refractivity contribution in [1.82, 2.24) is 14.9 Å². The maximum absolute atomic E-state index is 4.53. The fraction of sp³-hybridized carbons (Fsp3) is 0.333. The van der Waals surface area contributed by atoms with Crippen molar-refractivity contribution in [3.8, 4) is 0 Å². The Morgan fingerprint density at radius 2 is 1.78 bits per heavy atom. The Hall–Kier alpha value is -1.98. The summed E-state index contributed by atoms with van der Waals surface area (Å²) in [5.74, 6) is 1.10. The molecule has 1 saturated heterocycles. The van der Waals surface area contributed by atoms with Crippen LogP contribution in [-0.4, -0.2) is 47.6 Å². The molecular formula is C18H20N4S. The van der Waals surface area contributed by atoms with Crippen LogP contribution in [0.2, 0.25) is 0 Å². The van der Waals surface area contributed by atoms with E-state index in [9.17, 15) is 0 Å². The minimum absolute atomic E-state index is 1.04. The normalized spacial score (nSPS) is 16.1. The van der Waals surface area contributed by atoms with Crippen LogP contribution in [-0.2, 0) is 6.42 Å². The predicted octanol–water partition coefficient (Wildman–Crippen LogP) is 3.06. The number of aromatic nitrogens is 2. The molecule has 0 N–H and O–H groups in total. The summed E-state index contributed by atoms with van der Waals surface area (Å²) in [7, 11) is 0. The average Bonchev–Trinajstić information content (AvgIpc) is 3.10. The average molecular weight is 324 g/mol. The van der Waals surface area contributed by atoms with Crippen molar-refractivity contribution in [3.63, 3.8) is 0 Å². The highest BCUT2D eigenvalue weighted by Crippen LogP contribution is 2.28. The summed E-state index contributed by atoms with van der Waals surface area (Å²) in [6, 6.07) is 12.8. The quantitative estimate of drug-likeness (QED) is 0.738. The number of rotatable bonds is 4. The monoisotopic (exact) mass is 324 g/mol. The summed E-state index contributed by atoms with van der Waals surface area (Å²) in [4.78, 5) is 13.8. The van der Waals surface area contributed by atoms with Crippen LogP contribution >= 0.6 is 11.3 Å². The SMILES string of the molecule is c1ccc(CCN2CCN(c3ncnc4ccsc34)CC2)cc1. The van der Waals surface area contributed by atoms with Crippen molar-refractivity contribution in [1.29, 1.82) is 0 Å². The molecule has 0 bridgehead atoms. The summed E-state index contributed by atoms with van der Waals surface area (Å²) < 4.78 is 1.21. The van der Waals surface area contributed by atoms with Gasteiger partial charge in [0.1, 0.15) is 12.1 Å². The van der Waals surface area contributed by atoms with E-state index in [0.717, 1.165) is 50.5 Å². The number of thiophene rings is 1. The van der Waals surface area contributed by atoms with E-state index >= 15 is 0 Å². The number of benzene rings is 1. The second-order valence-electron chi connectivity index (χ2n) is 5.90. The van der Waals surface area contributed by atoms with Gasteiger partial charge >= 0.3 is 0 Å². The number of hydrogen-bond acceptors (Lipinski definition) is 5. The topological polar surface area (TPSA) is 32.3 Å². The van der Waals surface area contributed by atoms with Gasteiger partial charge in [-0.2, -0.15) is 0 Å². The molecule has 0 spiro atoms. The maximum Gasteiger partial charge on any atom is 0.150 e. The predicted molar refractivity (Wildman–Crippen MR) is 96.2 cm³/mol. The van der Waals surface area contributed by atoms with Gasteiger partial charge in [-0.15, -0.1) is 11.3 Å². The van der Waals surface area contributed by atoms with Crippen molar-refractivity contribution in [2.75, 3.05) is 37.6 Å². The fourth-order valence-corrected chi connectivity index (χ4v) is 3.98. The smallest absolute Gasteiger partial charge is 0.150 e.